The average molecular weight is 303 g/mol. The van der Waals surface area contributed by atoms with Crippen LogP contribution in [-0.2, 0) is 6.54 Å². The molecule has 0 fully saturated rings. The molecule has 3 rings (SSSR count). The van der Waals surface area contributed by atoms with Crippen molar-refractivity contribution in [2.75, 3.05) is 0 Å². The maximum Gasteiger partial charge on any atom is 0.123 e. The maximum absolute atomic E-state index is 13.5. The lowest BCUT2D eigenvalue weighted by molar-refractivity contribution is 0.628. The number of nitrogens with zero attached hydrogens (tertiary/aromatic N) is 3. The third-order valence-corrected chi connectivity index (χ3v) is 3.35. The third-order valence-electron chi connectivity index (χ3n) is 3.10. The van der Waals surface area contributed by atoms with E-state index in [2.05, 4.69) is 10.3 Å². The summed E-state index contributed by atoms with van der Waals surface area (Å²) in [5.41, 5.74) is 8.46. The highest BCUT2D eigenvalue weighted by Crippen LogP contribution is 2.26. The zero-order chi connectivity index (χ0) is 14.8. The van der Waals surface area contributed by atoms with Crippen molar-refractivity contribution in [2.24, 2.45) is 5.73 Å². The van der Waals surface area contributed by atoms with E-state index < -0.39 is 0 Å². The van der Waals surface area contributed by atoms with Gasteiger partial charge in [0.1, 0.15) is 11.5 Å². The van der Waals surface area contributed by atoms with Crippen LogP contribution < -0.4 is 5.73 Å². The number of benzene rings is 2. The minimum Gasteiger partial charge on any atom is -0.325 e. The first-order valence-electron chi connectivity index (χ1n) is 6.35. The number of hydrogen-bond donors (Lipinski definition) is 1. The maximum atomic E-state index is 13.5. The van der Waals surface area contributed by atoms with Gasteiger partial charge in [-0.05, 0) is 36.4 Å². The van der Waals surface area contributed by atoms with Gasteiger partial charge in [0, 0.05) is 17.1 Å². The Morgan fingerprint density at radius 3 is 2.57 bits per heavy atom. The van der Waals surface area contributed by atoms with Crippen LogP contribution in [0.3, 0.4) is 0 Å². The molecule has 0 bridgehead atoms. The highest BCUT2D eigenvalue weighted by molar-refractivity contribution is 6.30. The van der Waals surface area contributed by atoms with Crippen LogP contribution in [0.2, 0.25) is 5.02 Å². The molecule has 1 aromatic heterocycles. The van der Waals surface area contributed by atoms with Crippen molar-refractivity contribution < 1.29 is 4.39 Å². The molecule has 1 heterocycles. The van der Waals surface area contributed by atoms with Gasteiger partial charge in [0.25, 0.3) is 0 Å². The molecule has 4 nitrogen and oxygen atoms in total. The molecule has 2 aromatic carbocycles. The van der Waals surface area contributed by atoms with Gasteiger partial charge in [0.2, 0.25) is 0 Å². The van der Waals surface area contributed by atoms with Crippen molar-refractivity contribution >= 4 is 11.6 Å². The molecule has 0 aliphatic heterocycles. The first-order chi connectivity index (χ1) is 10.2. The van der Waals surface area contributed by atoms with Gasteiger partial charge >= 0.3 is 0 Å². The molecule has 0 aliphatic carbocycles. The highest BCUT2D eigenvalue weighted by atomic mass is 35.5. The van der Waals surface area contributed by atoms with Crippen LogP contribution in [0, 0.1) is 5.82 Å². The van der Waals surface area contributed by atoms with E-state index in [1.807, 2.05) is 12.1 Å². The van der Waals surface area contributed by atoms with Crippen molar-refractivity contribution in [3.8, 4) is 16.9 Å². The Labute approximate surface area is 126 Å². The lowest BCUT2D eigenvalue weighted by Crippen LogP contribution is -2.02. The van der Waals surface area contributed by atoms with E-state index in [4.69, 9.17) is 17.3 Å². The van der Waals surface area contributed by atoms with Crippen LogP contribution in [-0.4, -0.2) is 15.0 Å². The van der Waals surface area contributed by atoms with Gasteiger partial charge in [-0.15, -0.1) is 5.10 Å². The van der Waals surface area contributed by atoms with Crippen molar-refractivity contribution in [3.63, 3.8) is 0 Å². The van der Waals surface area contributed by atoms with Gasteiger partial charge in [-0.2, -0.15) is 0 Å². The molecule has 0 radical (unpaired) electrons. The summed E-state index contributed by atoms with van der Waals surface area (Å²) < 4.78 is 15.1. The monoisotopic (exact) mass is 302 g/mol. The first kappa shape index (κ1) is 13.7. The molecule has 0 saturated carbocycles. The van der Waals surface area contributed by atoms with E-state index in [9.17, 15) is 4.39 Å². The van der Waals surface area contributed by atoms with Gasteiger partial charge < -0.3 is 5.73 Å². The molecule has 0 atom stereocenters. The topological polar surface area (TPSA) is 56.7 Å². The molecule has 0 spiro atoms. The molecule has 106 valence electrons. The standard InChI is InChI=1S/C15H12ClFN4/c16-11-4-6-13(7-5-11)21-15(14(9-18)19-20-21)10-2-1-3-12(17)8-10/h1-8H,9,18H2. The van der Waals surface area contributed by atoms with Crippen molar-refractivity contribution in [3.05, 3.63) is 65.1 Å². The summed E-state index contributed by atoms with van der Waals surface area (Å²) >= 11 is 5.89. The number of rotatable bonds is 3. The normalized spacial score (nSPS) is 10.8. The van der Waals surface area contributed by atoms with E-state index >= 15 is 0 Å². The van der Waals surface area contributed by atoms with Gasteiger partial charge in [0.05, 0.1) is 11.4 Å². The molecule has 6 heteroatoms. The summed E-state index contributed by atoms with van der Waals surface area (Å²) in [4.78, 5) is 0. The molecule has 0 aliphatic rings. The number of halogens is 2. The number of nitrogens with two attached hydrogens (primary N) is 1. The van der Waals surface area contributed by atoms with Gasteiger partial charge in [-0.3, -0.25) is 0 Å². The summed E-state index contributed by atoms with van der Waals surface area (Å²) in [5.74, 6) is -0.320. The highest BCUT2D eigenvalue weighted by Gasteiger charge is 2.15. The van der Waals surface area contributed by atoms with Crippen molar-refractivity contribution in [1.82, 2.24) is 15.0 Å². The Kier molecular flexibility index (Phi) is 3.68. The molecule has 0 unspecified atom stereocenters. The van der Waals surface area contributed by atoms with Crippen molar-refractivity contribution in [1.29, 1.82) is 0 Å². The van der Waals surface area contributed by atoms with Crippen LogP contribution in [0.15, 0.2) is 48.5 Å². The van der Waals surface area contributed by atoms with Crippen LogP contribution in [0.1, 0.15) is 5.69 Å². The number of hydrogen-bond acceptors (Lipinski definition) is 3. The largest absolute Gasteiger partial charge is 0.325 e. The SMILES string of the molecule is NCc1nnn(-c2ccc(Cl)cc2)c1-c1cccc(F)c1. The summed E-state index contributed by atoms with van der Waals surface area (Å²) in [6.07, 6.45) is 0. The van der Waals surface area contributed by atoms with E-state index in [1.54, 1.807) is 28.9 Å². The van der Waals surface area contributed by atoms with E-state index in [-0.39, 0.29) is 12.4 Å². The predicted molar refractivity (Wildman–Crippen MR) is 79.7 cm³/mol. The predicted octanol–water partition coefficient (Wildman–Crippen LogP) is 3.19. The Balaban J connectivity index is 2.19. The second kappa shape index (κ2) is 5.63. The molecule has 0 amide bonds. The van der Waals surface area contributed by atoms with Gasteiger partial charge in [0.15, 0.2) is 0 Å². The molecular formula is C15H12ClFN4. The Morgan fingerprint density at radius 1 is 1.14 bits per heavy atom. The Morgan fingerprint density at radius 2 is 1.90 bits per heavy atom. The van der Waals surface area contributed by atoms with Crippen LogP contribution >= 0.6 is 11.6 Å². The summed E-state index contributed by atoms with van der Waals surface area (Å²) in [7, 11) is 0. The molecular weight excluding hydrogens is 291 g/mol. The zero-order valence-electron chi connectivity index (χ0n) is 11.0. The molecule has 0 saturated heterocycles. The lowest BCUT2D eigenvalue weighted by atomic mass is 10.1. The molecule has 3 aromatic rings. The number of aromatic nitrogens is 3. The molecule has 21 heavy (non-hydrogen) atoms. The quantitative estimate of drug-likeness (QED) is 0.808. The van der Waals surface area contributed by atoms with E-state index in [0.29, 0.717) is 22.0 Å². The third kappa shape index (κ3) is 2.66. The van der Waals surface area contributed by atoms with Crippen LogP contribution in [0.25, 0.3) is 16.9 Å². The second-order valence-corrected chi connectivity index (χ2v) is 4.92. The van der Waals surface area contributed by atoms with E-state index in [0.717, 1.165) is 5.69 Å². The fourth-order valence-corrected chi connectivity index (χ4v) is 2.26. The average Bonchev–Trinajstić information content (AvgIpc) is 2.92. The fourth-order valence-electron chi connectivity index (χ4n) is 2.14. The van der Waals surface area contributed by atoms with E-state index in [1.165, 1.54) is 12.1 Å². The smallest absolute Gasteiger partial charge is 0.123 e. The first-order valence-corrected chi connectivity index (χ1v) is 6.73. The fraction of sp³-hybridized carbons (Fsp3) is 0.0667. The van der Waals surface area contributed by atoms with Crippen molar-refractivity contribution in [2.45, 2.75) is 6.54 Å². The summed E-state index contributed by atoms with van der Waals surface area (Å²) in [6.45, 7) is 0.222. The Bertz CT molecular complexity index is 768. The van der Waals surface area contributed by atoms with Crippen LogP contribution in [0.4, 0.5) is 4.39 Å². The zero-order valence-corrected chi connectivity index (χ0v) is 11.8. The second-order valence-electron chi connectivity index (χ2n) is 4.49. The summed E-state index contributed by atoms with van der Waals surface area (Å²) in [6, 6.07) is 13.4. The minimum atomic E-state index is -0.320. The lowest BCUT2D eigenvalue weighted by Gasteiger charge is -2.08. The minimum absolute atomic E-state index is 0.222. The van der Waals surface area contributed by atoms with Crippen LogP contribution in [0.5, 0.6) is 0 Å². The van der Waals surface area contributed by atoms with Gasteiger partial charge in [-0.25, -0.2) is 9.07 Å². The Hall–Kier alpha value is -2.24. The summed E-state index contributed by atoms with van der Waals surface area (Å²) in [5, 5.41) is 8.82. The molecule has 2 N–H and O–H groups in total. The van der Waals surface area contributed by atoms with Gasteiger partial charge in [-0.1, -0.05) is 28.9 Å².